The third-order valence-electron chi connectivity index (χ3n) is 2.18. The zero-order valence-electron chi connectivity index (χ0n) is 8.96. The molecule has 0 saturated heterocycles. The van der Waals surface area contributed by atoms with Gasteiger partial charge in [-0.05, 0) is 24.3 Å². The smallest absolute Gasteiger partial charge is 0.212 e. The highest BCUT2D eigenvalue weighted by Gasteiger charge is 2.08. The van der Waals surface area contributed by atoms with Gasteiger partial charge in [0.2, 0.25) is 5.95 Å². The summed E-state index contributed by atoms with van der Waals surface area (Å²) in [6.45, 7) is 0. The molecule has 0 atom stereocenters. The van der Waals surface area contributed by atoms with E-state index in [0.717, 1.165) is 6.26 Å². The molecule has 0 bridgehead atoms. The first-order valence-electron chi connectivity index (χ1n) is 4.75. The van der Waals surface area contributed by atoms with E-state index in [1.54, 1.807) is 12.1 Å². The fourth-order valence-corrected chi connectivity index (χ4v) is 1.88. The monoisotopic (exact) mass is 252 g/mol. The lowest BCUT2D eigenvalue weighted by molar-refractivity contribution is 0.584. The van der Waals surface area contributed by atoms with Gasteiger partial charge in [-0.25, -0.2) is 18.4 Å². The Hall–Kier alpha value is -1.82. The highest BCUT2D eigenvalue weighted by Crippen LogP contribution is 2.18. The summed E-state index contributed by atoms with van der Waals surface area (Å²) in [7, 11) is -3.30. The maximum Gasteiger partial charge on any atom is 0.212 e. The van der Waals surface area contributed by atoms with Crippen LogP contribution in [0.25, 0.3) is 11.1 Å². The number of pyridine rings is 2. The molecule has 0 radical (unpaired) electrons. The summed E-state index contributed by atoms with van der Waals surface area (Å²) < 4.78 is 35.0. The lowest BCUT2D eigenvalue weighted by Crippen LogP contribution is -1.99. The molecular weight excluding hydrogens is 243 g/mol. The molecule has 0 aliphatic carbocycles. The van der Waals surface area contributed by atoms with Crippen LogP contribution in [0.4, 0.5) is 4.39 Å². The van der Waals surface area contributed by atoms with Crippen molar-refractivity contribution in [3.8, 4) is 11.1 Å². The highest BCUT2D eigenvalue weighted by molar-refractivity contribution is 7.90. The number of hydrogen-bond donors (Lipinski definition) is 0. The minimum absolute atomic E-state index is 0.0105. The minimum atomic E-state index is -3.30. The zero-order valence-corrected chi connectivity index (χ0v) is 9.78. The molecule has 17 heavy (non-hydrogen) atoms. The topological polar surface area (TPSA) is 59.9 Å². The summed E-state index contributed by atoms with van der Waals surface area (Å²) >= 11 is 0. The van der Waals surface area contributed by atoms with E-state index in [0.29, 0.717) is 11.1 Å². The second-order valence-corrected chi connectivity index (χ2v) is 5.49. The molecule has 0 aliphatic rings. The van der Waals surface area contributed by atoms with Gasteiger partial charge in [-0.15, -0.1) is 0 Å². The van der Waals surface area contributed by atoms with E-state index in [2.05, 4.69) is 9.97 Å². The Kier molecular flexibility index (Phi) is 2.89. The third kappa shape index (κ3) is 2.65. The number of rotatable bonds is 2. The first-order chi connectivity index (χ1) is 7.97. The summed E-state index contributed by atoms with van der Waals surface area (Å²) in [5.41, 5.74) is 1.36. The van der Waals surface area contributed by atoms with E-state index in [-0.39, 0.29) is 5.03 Å². The predicted molar refractivity (Wildman–Crippen MR) is 60.5 cm³/mol. The van der Waals surface area contributed by atoms with Crippen molar-refractivity contribution in [2.75, 3.05) is 6.26 Å². The Bertz CT molecular complexity index is 622. The van der Waals surface area contributed by atoms with Gasteiger partial charge in [0.15, 0.2) is 14.9 Å². The van der Waals surface area contributed by atoms with Crippen LogP contribution in [0.15, 0.2) is 41.7 Å². The van der Waals surface area contributed by atoms with Gasteiger partial charge in [-0.3, -0.25) is 0 Å². The first kappa shape index (κ1) is 11.7. The summed E-state index contributed by atoms with van der Waals surface area (Å²) in [5, 5.41) is 0.0105. The molecular formula is C11H9FN2O2S. The van der Waals surface area contributed by atoms with Gasteiger partial charge in [-0.1, -0.05) is 0 Å². The van der Waals surface area contributed by atoms with Crippen LogP contribution in [0.2, 0.25) is 0 Å². The summed E-state index contributed by atoms with van der Waals surface area (Å²) in [6.07, 6.45) is 3.88. The molecule has 88 valence electrons. The van der Waals surface area contributed by atoms with E-state index in [1.165, 1.54) is 24.5 Å². The van der Waals surface area contributed by atoms with E-state index in [4.69, 9.17) is 0 Å². The summed E-state index contributed by atoms with van der Waals surface area (Å²) in [5.74, 6) is -0.561. The number of halogens is 1. The van der Waals surface area contributed by atoms with Crippen LogP contribution in [0.5, 0.6) is 0 Å². The van der Waals surface area contributed by atoms with E-state index in [1.807, 2.05) is 0 Å². The van der Waals surface area contributed by atoms with Gasteiger partial charge in [0.1, 0.15) is 0 Å². The molecule has 0 N–H and O–H groups in total. The van der Waals surface area contributed by atoms with Crippen molar-refractivity contribution in [3.05, 3.63) is 42.6 Å². The van der Waals surface area contributed by atoms with Crippen molar-refractivity contribution in [1.82, 2.24) is 9.97 Å². The fraction of sp³-hybridized carbons (Fsp3) is 0.0909. The molecule has 0 spiro atoms. The summed E-state index contributed by atoms with van der Waals surface area (Å²) in [4.78, 5) is 7.35. The van der Waals surface area contributed by atoms with Crippen LogP contribution >= 0.6 is 0 Å². The number of sulfone groups is 1. The third-order valence-corrected chi connectivity index (χ3v) is 3.18. The molecule has 0 aromatic carbocycles. The van der Waals surface area contributed by atoms with E-state index >= 15 is 0 Å². The van der Waals surface area contributed by atoms with Crippen LogP contribution in [0.1, 0.15) is 0 Å². The molecule has 2 heterocycles. The second-order valence-electron chi connectivity index (χ2n) is 3.53. The van der Waals surface area contributed by atoms with Crippen molar-refractivity contribution >= 4 is 9.84 Å². The van der Waals surface area contributed by atoms with Gasteiger partial charge >= 0.3 is 0 Å². The van der Waals surface area contributed by atoms with Gasteiger partial charge in [0.05, 0.1) is 0 Å². The van der Waals surface area contributed by atoms with Crippen molar-refractivity contribution in [3.63, 3.8) is 0 Å². The molecule has 2 aromatic rings. The summed E-state index contributed by atoms with van der Waals surface area (Å²) in [6, 6.07) is 5.81. The highest BCUT2D eigenvalue weighted by atomic mass is 32.2. The first-order valence-corrected chi connectivity index (χ1v) is 6.64. The van der Waals surface area contributed by atoms with Crippen LogP contribution in [0.3, 0.4) is 0 Å². The number of aromatic nitrogens is 2. The Morgan fingerprint density at radius 2 is 1.59 bits per heavy atom. The van der Waals surface area contributed by atoms with Crippen LogP contribution in [-0.4, -0.2) is 24.6 Å². The number of hydrogen-bond acceptors (Lipinski definition) is 4. The van der Waals surface area contributed by atoms with Gasteiger partial charge < -0.3 is 0 Å². The maximum atomic E-state index is 12.6. The molecule has 0 unspecified atom stereocenters. The average molecular weight is 252 g/mol. The Morgan fingerprint density at radius 3 is 2.00 bits per heavy atom. The molecule has 0 amide bonds. The van der Waals surface area contributed by atoms with Gasteiger partial charge in [0.25, 0.3) is 0 Å². The Balaban J connectivity index is 2.39. The van der Waals surface area contributed by atoms with Crippen molar-refractivity contribution in [2.24, 2.45) is 0 Å². The average Bonchev–Trinajstić information content (AvgIpc) is 2.29. The molecule has 6 heteroatoms. The van der Waals surface area contributed by atoms with E-state index < -0.39 is 15.8 Å². The Morgan fingerprint density at radius 1 is 1.00 bits per heavy atom. The van der Waals surface area contributed by atoms with Gasteiger partial charge in [-0.2, -0.15) is 4.39 Å². The molecule has 0 saturated carbocycles. The zero-order chi connectivity index (χ0) is 12.5. The van der Waals surface area contributed by atoms with Crippen LogP contribution < -0.4 is 0 Å². The van der Waals surface area contributed by atoms with Crippen LogP contribution in [0, 0.1) is 5.95 Å². The van der Waals surface area contributed by atoms with Crippen molar-refractivity contribution in [1.29, 1.82) is 0 Å². The molecule has 4 nitrogen and oxygen atoms in total. The predicted octanol–water partition coefficient (Wildman–Crippen LogP) is 1.69. The SMILES string of the molecule is CS(=O)(=O)c1ccc(-c2ccc(F)nc2)cn1. The quantitative estimate of drug-likeness (QED) is 0.763. The largest absolute Gasteiger partial charge is 0.244 e. The Labute approximate surface area is 98.1 Å². The molecule has 2 aromatic heterocycles. The van der Waals surface area contributed by atoms with E-state index in [9.17, 15) is 12.8 Å². The fourth-order valence-electron chi connectivity index (χ4n) is 1.32. The lowest BCUT2D eigenvalue weighted by atomic mass is 10.1. The molecule has 0 fully saturated rings. The van der Waals surface area contributed by atoms with Crippen molar-refractivity contribution < 1.29 is 12.8 Å². The number of nitrogens with zero attached hydrogens (tertiary/aromatic N) is 2. The normalized spacial score (nSPS) is 11.4. The van der Waals surface area contributed by atoms with Crippen LogP contribution in [-0.2, 0) is 9.84 Å². The molecule has 0 aliphatic heterocycles. The maximum absolute atomic E-state index is 12.6. The van der Waals surface area contributed by atoms with Gasteiger partial charge in [0, 0.05) is 29.8 Å². The standard InChI is InChI=1S/C11H9FN2O2S/c1-17(15,16)11-5-3-9(7-14-11)8-2-4-10(12)13-6-8/h2-7H,1H3. The van der Waals surface area contributed by atoms with Crippen molar-refractivity contribution in [2.45, 2.75) is 5.03 Å². The minimum Gasteiger partial charge on any atom is -0.244 e. The lowest BCUT2D eigenvalue weighted by Gasteiger charge is -2.01. The second kappa shape index (κ2) is 4.21. The molecule has 2 rings (SSSR count).